The Morgan fingerprint density at radius 2 is 1.69 bits per heavy atom. The third kappa shape index (κ3) is 3.28. The molecule has 92 valence electrons. The lowest BCUT2D eigenvalue weighted by Gasteiger charge is -2.40. The van der Waals surface area contributed by atoms with Gasteiger partial charge in [-0.25, -0.2) is 4.79 Å². The number of Topliss-reactive ketones (excluding diaryl/α,β-unsaturated/α-hetero) is 1. The molecule has 0 aromatic heterocycles. The Hall–Kier alpha value is -0.940. The number of rotatable bonds is 3. The molecule has 16 heavy (non-hydrogen) atoms. The number of ether oxygens (including phenoxy) is 3. The summed E-state index contributed by atoms with van der Waals surface area (Å²) in [5.41, 5.74) is -0.458. The zero-order valence-electron chi connectivity index (χ0n) is 10.2. The van der Waals surface area contributed by atoms with Gasteiger partial charge < -0.3 is 14.2 Å². The average molecular weight is 230 g/mol. The van der Waals surface area contributed by atoms with Crippen LogP contribution in [0.1, 0.15) is 27.2 Å². The zero-order chi connectivity index (χ0) is 12.4. The van der Waals surface area contributed by atoms with E-state index in [0.717, 1.165) is 0 Å². The molecule has 0 amide bonds. The fourth-order valence-electron chi connectivity index (χ4n) is 1.46. The maximum absolute atomic E-state index is 11.4. The van der Waals surface area contributed by atoms with E-state index in [2.05, 4.69) is 4.74 Å². The van der Waals surface area contributed by atoms with Gasteiger partial charge >= 0.3 is 5.97 Å². The highest BCUT2D eigenvalue weighted by Gasteiger charge is 2.39. The summed E-state index contributed by atoms with van der Waals surface area (Å²) in [6.45, 7) is 6.26. The first kappa shape index (κ1) is 13.1. The SMILES string of the molecule is COC(=O)C(=O)CC1(C)COC(C)(C)OC1. The standard InChI is InChI=1S/C11H18O5/c1-10(2)15-6-11(3,7-16-10)5-8(12)9(13)14-4/h5-7H2,1-4H3. The molecule has 1 saturated heterocycles. The Labute approximate surface area is 95.0 Å². The lowest BCUT2D eigenvalue weighted by Crippen LogP contribution is -2.46. The van der Waals surface area contributed by atoms with Gasteiger partial charge in [-0.3, -0.25) is 4.79 Å². The predicted molar refractivity (Wildman–Crippen MR) is 55.7 cm³/mol. The predicted octanol–water partition coefficient (Wildman–Crippen LogP) is 0.908. The van der Waals surface area contributed by atoms with Crippen molar-refractivity contribution in [3.05, 3.63) is 0 Å². The van der Waals surface area contributed by atoms with Gasteiger partial charge in [0.15, 0.2) is 5.79 Å². The molecule has 0 aromatic carbocycles. The average Bonchev–Trinajstić information content (AvgIpc) is 2.22. The van der Waals surface area contributed by atoms with Crippen LogP contribution in [0.25, 0.3) is 0 Å². The van der Waals surface area contributed by atoms with Crippen LogP contribution >= 0.6 is 0 Å². The quantitative estimate of drug-likeness (QED) is 0.532. The second-order valence-corrected chi connectivity index (χ2v) is 4.88. The Morgan fingerprint density at radius 3 is 2.12 bits per heavy atom. The van der Waals surface area contributed by atoms with Crippen molar-refractivity contribution in [2.75, 3.05) is 20.3 Å². The number of hydrogen-bond acceptors (Lipinski definition) is 5. The first-order chi connectivity index (χ1) is 7.28. The maximum atomic E-state index is 11.4. The van der Waals surface area contributed by atoms with Crippen molar-refractivity contribution >= 4 is 11.8 Å². The fourth-order valence-corrected chi connectivity index (χ4v) is 1.46. The number of ketones is 1. The van der Waals surface area contributed by atoms with E-state index in [0.29, 0.717) is 13.2 Å². The summed E-state index contributed by atoms with van der Waals surface area (Å²) in [6, 6.07) is 0. The van der Waals surface area contributed by atoms with Crippen molar-refractivity contribution in [1.29, 1.82) is 0 Å². The van der Waals surface area contributed by atoms with Gasteiger partial charge in [0.2, 0.25) is 5.78 Å². The van der Waals surface area contributed by atoms with Crippen molar-refractivity contribution in [1.82, 2.24) is 0 Å². The summed E-state index contributed by atoms with van der Waals surface area (Å²) in [6.07, 6.45) is 0.0791. The van der Waals surface area contributed by atoms with E-state index in [1.807, 2.05) is 20.8 Å². The number of esters is 1. The Bertz CT molecular complexity index is 285. The molecule has 0 saturated carbocycles. The molecule has 1 rings (SSSR count). The van der Waals surface area contributed by atoms with Crippen molar-refractivity contribution in [2.24, 2.45) is 5.41 Å². The molecule has 1 aliphatic heterocycles. The number of carbonyl (C=O) groups excluding carboxylic acids is 2. The highest BCUT2D eigenvalue weighted by Crippen LogP contribution is 2.32. The van der Waals surface area contributed by atoms with Crippen LogP contribution in [0.15, 0.2) is 0 Å². The summed E-state index contributed by atoms with van der Waals surface area (Å²) < 4.78 is 15.3. The molecule has 5 nitrogen and oxygen atoms in total. The minimum Gasteiger partial charge on any atom is -0.463 e. The molecular weight excluding hydrogens is 212 g/mol. The van der Waals surface area contributed by atoms with Crippen molar-refractivity contribution in [3.63, 3.8) is 0 Å². The van der Waals surface area contributed by atoms with Gasteiger partial charge in [0.25, 0.3) is 0 Å². The topological polar surface area (TPSA) is 61.8 Å². The minimum atomic E-state index is -0.814. The third-order valence-corrected chi connectivity index (χ3v) is 2.54. The van der Waals surface area contributed by atoms with Crippen molar-refractivity contribution < 1.29 is 23.8 Å². The molecule has 0 bridgehead atoms. The minimum absolute atomic E-state index is 0.0791. The van der Waals surface area contributed by atoms with Crippen LogP contribution in [0.5, 0.6) is 0 Å². The molecule has 0 radical (unpaired) electrons. The first-order valence-corrected chi connectivity index (χ1v) is 5.17. The highest BCUT2D eigenvalue weighted by molar-refractivity contribution is 6.33. The van der Waals surface area contributed by atoms with E-state index in [-0.39, 0.29) is 6.42 Å². The smallest absolute Gasteiger partial charge is 0.374 e. The van der Waals surface area contributed by atoms with Gasteiger partial charge in [-0.15, -0.1) is 0 Å². The Balaban J connectivity index is 2.55. The number of methoxy groups -OCH3 is 1. The van der Waals surface area contributed by atoms with Gasteiger partial charge in [-0.2, -0.15) is 0 Å². The van der Waals surface area contributed by atoms with E-state index < -0.39 is 23.0 Å². The van der Waals surface area contributed by atoms with Gasteiger partial charge in [0.05, 0.1) is 20.3 Å². The summed E-state index contributed by atoms with van der Waals surface area (Å²) in [4.78, 5) is 22.4. The summed E-state index contributed by atoms with van der Waals surface area (Å²) >= 11 is 0. The highest BCUT2D eigenvalue weighted by atomic mass is 16.7. The van der Waals surface area contributed by atoms with Crippen molar-refractivity contribution in [3.8, 4) is 0 Å². The van der Waals surface area contributed by atoms with Gasteiger partial charge in [0, 0.05) is 11.8 Å². The molecule has 0 atom stereocenters. The van der Waals surface area contributed by atoms with Crippen LogP contribution < -0.4 is 0 Å². The molecular formula is C11H18O5. The van der Waals surface area contributed by atoms with E-state index in [1.54, 1.807) is 0 Å². The van der Waals surface area contributed by atoms with Gasteiger partial charge in [0.1, 0.15) is 0 Å². The van der Waals surface area contributed by atoms with Crippen molar-refractivity contribution in [2.45, 2.75) is 33.0 Å². The molecule has 0 spiro atoms. The van der Waals surface area contributed by atoms with Crippen LogP contribution in [0.2, 0.25) is 0 Å². The summed E-state index contributed by atoms with van der Waals surface area (Å²) in [7, 11) is 1.19. The molecule has 0 aliphatic carbocycles. The van der Waals surface area contributed by atoms with E-state index in [4.69, 9.17) is 9.47 Å². The Morgan fingerprint density at radius 1 is 1.19 bits per heavy atom. The maximum Gasteiger partial charge on any atom is 0.374 e. The lowest BCUT2D eigenvalue weighted by atomic mass is 9.85. The summed E-state index contributed by atoms with van der Waals surface area (Å²) in [5.74, 6) is -1.98. The summed E-state index contributed by atoms with van der Waals surface area (Å²) in [5, 5.41) is 0. The van der Waals surface area contributed by atoms with Crippen LogP contribution in [0, 0.1) is 5.41 Å². The lowest BCUT2D eigenvalue weighted by molar-refractivity contribution is -0.282. The monoisotopic (exact) mass is 230 g/mol. The second kappa shape index (κ2) is 4.51. The molecule has 1 heterocycles. The fraction of sp³-hybridized carbons (Fsp3) is 0.818. The molecule has 0 N–H and O–H groups in total. The normalized spacial score (nSPS) is 22.5. The molecule has 1 fully saturated rings. The molecule has 0 aromatic rings. The second-order valence-electron chi connectivity index (χ2n) is 4.88. The van der Waals surface area contributed by atoms with Gasteiger partial charge in [-0.1, -0.05) is 6.92 Å². The molecule has 0 unspecified atom stereocenters. The zero-order valence-corrected chi connectivity index (χ0v) is 10.2. The van der Waals surface area contributed by atoms with Crippen LogP contribution in [-0.2, 0) is 23.8 Å². The Kier molecular flexibility index (Phi) is 3.70. The van der Waals surface area contributed by atoms with E-state index in [9.17, 15) is 9.59 Å². The van der Waals surface area contributed by atoms with Gasteiger partial charge in [-0.05, 0) is 13.8 Å². The van der Waals surface area contributed by atoms with Crippen LogP contribution in [0.3, 0.4) is 0 Å². The van der Waals surface area contributed by atoms with E-state index in [1.165, 1.54) is 7.11 Å². The van der Waals surface area contributed by atoms with E-state index >= 15 is 0 Å². The number of carbonyl (C=O) groups is 2. The third-order valence-electron chi connectivity index (χ3n) is 2.54. The largest absolute Gasteiger partial charge is 0.463 e. The molecule has 5 heteroatoms. The molecule has 1 aliphatic rings. The van der Waals surface area contributed by atoms with Crippen LogP contribution in [-0.4, -0.2) is 37.9 Å². The first-order valence-electron chi connectivity index (χ1n) is 5.17. The van der Waals surface area contributed by atoms with Crippen LogP contribution in [0.4, 0.5) is 0 Å². The number of hydrogen-bond donors (Lipinski definition) is 0.